The number of fused-ring (bicyclic) bond motifs is 1. The van der Waals surface area contributed by atoms with Gasteiger partial charge in [0.15, 0.2) is 5.65 Å². The van der Waals surface area contributed by atoms with Gasteiger partial charge in [-0.3, -0.25) is 9.59 Å². The molecule has 8 nitrogen and oxygen atoms in total. The van der Waals surface area contributed by atoms with Crippen LogP contribution in [0.4, 0.5) is 0 Å². The molecule has 1 amide bonds. The summed E-state index contributed by atoms with van der Waals surface area (Å²) in [4.78, 5) is 29.4. The predicted octanol–water partition coefficient (Wildman–Crippen LogP) is 3.42. The topological polar surface area (TPSA) is 99.2 Å². The van der Waals surface area contributed by atoms with E-state index in [0.717, 1.165) is 11.3 Å². The zero-order chi connectivity index (χ0) is 21.8. The molecule has 158 valence electrons. The second-order valence-corrected chi connectivity index (χ2v) is 7.19. The standard InChI is InChI=1S/C23H22N4O4/c1-15(11-21(28)30-2)25-23(29)18-12-20(16-7-4-3-5-8-16)26-22-19(18)13-24-27(22)14-17-9-6-10-31-17/h3-10,12-13,15H,11,14H2,1-2H3,(H,25,29). The third-order valence-corrected chi connectivity index (χ3v) is 4.89. The summed E-state index contributed by atoms with van der Waals surface area (Å²) in [6, 6.07) is 14.6. The van der Waals surface area contributed by atoms with Gasteiger partial charge in [-0.1, -0.05) is 30.3 Å². The molecule has 4 rings (SSSR count). The van der Waals surface area contributed by atoms with Crippen LogP contribution < -0.4 is 5.32 Å². The number of amides is 1. The van der Waals surface area contributed by atoms with Crippen molar-refractivity contribution in [3.8, 4) is 11.3 Å². The van der Waals surface area contributed by atoms with E-state index in [1.54, 1.807) is 30.1 Å². The molecular formula is C23H22N4O4. The number of pyridine rings is 1. The Bertz CT molecular complexity index is 1200. The van der Waals surface area contributed by atoms with Crippen LogP contribution in [0.3, 0.4) is 0 Å². The Labute approximate surface area is 178 Å². The summed E-state index contributed by atoms with van der Waals surface area (Å²) in [6.07, 6.45) is 3.31. The molecule has 0 spiro atoms. The van der Waals surface area contributed by atoms with Gasteiger partial charge in [0.25, 0.3) is 5.91 Å². The minimum Gasteiger partial charge on any atom is -0.469 e. The third-order valence-electron chi connectivity index (χ3n) is 4.89. The average molecular weight is 418 g/mol. The summed E-state index contributed by atoms with van der Waals surface area (Å²) in [7, 11) is 1.32. The molecule has 0 radical (unpaired) electrons. The summed E-state index contributed by atoms with van der Waals surface area (Å²) in [5.41, 5.74) is 2.54. The molecule has 1 unspecified atom stereocenters. The number of furan rings is 1. The first-order valence-corrected chi connectivity index (χ1v) is 9.87. The number of hydrogen-bond acceptors (Lipinski definition) is 6. The van der Waals surface area contributed by atoms with Crippen LogP contribution in [0.25, 0.3) is 22.3 Å². The second kappa shape index (κ2) is 8.83. The molecular weight excluding hydrogens is 396 g/mol. The maximum absolute atomic E-state index is 13.1. The van der Waals surface area contributed by atoms with Gasteiger partial charge >= 0.3 is 5.97 Å². The average Bonchev–Trinajstić information content (AvgIpc) is 3.44. The molecule has 0 bridgehead atoms. The SMILES string of the molecule is COC(=O)CC(C)NC(=O)c1cc(-c2ccccc2)nc2c1cnn2Cc1ccco1. The van der Waals surface area contributed by atoms with E-state index < -0.39 is 0 Å². The number of rotatable bonds is 7. The van der Waals surface area contributed by atoms with Gasteiger partial charge in [-0.25, -0.2) is 9.67 Å². The van der Waals surface area contributed by atoms with Gasteiger partial charge in [0.05, 0.1) is 42.6 Å². The van der Waals surface area contributed by atoms with Gasteiger partial charge in [-0.05, 0) is 25.1 Å². The first-order valence-electron chi connectivity index (χ1n) is 9.87. The van der Waals surface area contributed by atoms with Crippen LogP contribution in [-0.2, 0) is 16.1 Å². The Kier molecular flexibility index (Phi) is 5.79. The molecule has 0 fully saturated rings. The van der Waals surface area contributed by atoms with E-state index in [2.05, 4.69) is 15.2 Å². The molecule has 1 aromatic carbocycles. The summed E-state index contributed by atoms with van der Waals surface area (Å²) in [5.74, 6) is 0.0390. The van der Waals surface area contributed by atoms with E-state index in [1.807, 2.05) is 42.5 Å². The van der Waals surface area contributed by atoms with Crippen LogP contribution >= 0.6 is 0 Å². The number of aromatic nitrogens is 3. The number of hydrogen-bond donors (Lipinski definition) is 1. The number of carbonyl (C=O) groups is 2. The van der Waals surface area contributed by atoms with Crippen molar-refractivity contribution < 1.29 is 18.7 Å². The smallest absolute Gasteiger partial charge is 0.307 e. The van der Waals surface area contributed by atoms with Gasteiger partial charge in [-0.15, -0.1) is 0 Å². The lowest BCUT2D eigenvalue weighted by Crippen LogP contribution is -2.34. The van der Waals surface area contributed by atoms with Gasteiger partial charge in [0.2, 0.25) is 0 Å². The summed E-state index contributed by atoms with van der Waals surface area (Å²) < 4.78 is 11.8. The first-order chi connectivity index (χ1) is 15.0. The van der Waals surface area contributed by atoms with Crippen LogP contribution in [0.5, 0.6) is 0 Å². The number of benzene rings is 1. The Hall–Kier alpha value is -3.94. The Balaban J connectivity index is 1.75. The van der Waals surface area contributed by atoms with Crippen molar-refractivity contribution in [2.24, 2.45) is 0 Å². The second-order valence-electron chi connectivity index (χ2n) is 7.19. The van der Waals surface area contributed by atoms with Gasteiger partial charge in [0, 0.05) is 11.6 Å². The molecule has 0 aliphatic carbocycles. The van der Waals surface area contributed by atoms with Gasteiger partial charge < -0.3 is 14.5 Å². The summed E-state index contributed by atoms with van der Waals surface area (Å²) in [6.45, 7) is 2.15. The number of nitrogens with one attached hydrogen (secondary N) is 1. The van der Waals surface area contributed by atoms with E-state index >= 15 is 0 Å². The highest BCUT2D eigenvalue weighted by molar-refractivity contribution is 6.06. The van der Waals surface area contributed by atoms with Crippen molar-refractivity contribution >= 4 is 22.9 Å². The van der Waals surface area contributed by atoms with Crippen molar-refractivity contribution in [3.63, 3.8) is 0 Å². The zero-order valence-corrected chi connectivity index (χ0v) is 17.2. The lowest BCUT2D eigenvalue weighted by atomic mass is 10.1. The van der Waals surface area contributed by atoms with E-state index in [9.17, 15) is 9.59 Å². The zero-order valence-electron chi connectivity index (χ0n) is 17.2. The highest BCUT2D eigenvalue weighted by atomic mass is 16.5. The summed E-state index contributed by atoms with van der Waals surface area (Å²) in [5, 5.41) is 7.91. The molecule has 1 N–H and O–H groups in total. The molecule has 0 saturated heterocycles. The first kappa shape index (κ1) is 20.3. The quantitative estimate of drug-likeness (QED) is 0.462. The van der Waals surface area contributed by atoms with Crippen LogP contribution in [0, 0.1) is 0 Å². The van der Waals surface area contributed by atoms with Crippen LogP contribution in [0.1, 0.15) is 29.5 Å². The van der Waals surface area contributed by atoms with E-state index in [-0.39, 0.29) is 24.3 Å². The minimum absolute atomic E-state index is 0.0831. The maximum Gasteiger partial charge on any atom is 0.307 e. The number of esters is 1. The highest BCUT2D eigenvalue weighted by Gasteiger charge is 2.20. The molecule has 31 heavy (non-hydrogen) atoms. The lowest BCUT2D eigenvalue weighted by molar-refractivity contribution is -0.141. The van der Waals surface area contributed by atoms with Crippen LogP contribution in [-0.4, -0.2) is 39.8 Å². The largest absolute Gasteiger partial charge is 0.469 e. The number of methoxy groups -OCH3 is 1. The van der Waals surface area contributed by atoms with Gasteiger partial charge in [0.1, 0.15) is 12.3 Å². The van der Waals surface area contributed by atoms with Crippen molar-refractivity contribution in [1.29, 1.82) is 0 Å². The number of nitrogens with zero attached hydrogens (tertiary/aromatic N) is 3. The predicted molar refractivity (Wildman–Crippen MR) is 114 cm³/mol. The van der Waals surface area contributed by atoms with Crippen molar-refractivity contribution in [2.45, 2.75) is 25.9 Å². The molecule has 0 aliphatic rings. The lowest BCUT2D eigenvalue weighted by Gasteiger charge is -2.14. The maximum atomic E-state index is 13.1. The van der Waals surface area contributed by atoms with Crippen molar-refractivity contribution in [2.75, 3.05) is 7.11 Å². The fourth-order valence-corrected chi connectivity index (χ4v) is 3.34. The van der Waals surface area contributed by atoms with Crippen LogP contribution in [0.2, 0.25) is 0 Å². The van der Waals surface area contributed by atoms with E-state index in [0.29, 0.717) is 28.8 Å². The molecule has 4 aromatic rings. The summed E-state index contributed by atoms with van der Waals surface area (Å²) >= 11 is 0. The van der Waals surface area contributed by atoms with Gasteiger partial charge in [-0.2, -0.15) is 5.10 Å². The van der Waals surface area contributed by atoms with Crippen molar-refractivity contribution in [1.82, 2.24) is 20.1 Å². The fraction of sp³-hybridized carbons (Fsp3) is 0.217. The van der Waals surface area contributed by atoms with E-state index in [4.69, 9.17) is 9.40 Å². The number of carbonyl (C=O) groups excluding carboxylic acids is 2. The molecule has 1 atom stereocenters. The number of ether oxygens (including phenoxy) is 1. The van der Waals surface area contributed by atoms with Crippen LogP contribution in [0.15, 0.2) is 65.4 Å². The normalized spacial score (nSPS) is 11.9. The Morgan fingerprint density at radius 3 is 2.71 bits per heavy atom. The Morgan fingerprint density at radius 1 is 1.19 bits per heavy atom. The highest BCUT2D eigenvalue weighted by Crippen LogP contribution is 2.25. The fourth-order valence-electron chi connectivity index (χ4n) is 3.34. The molecule has 3 aromatic heterocycles. The monoisotopic (exact) mass is 418 g/mol. The third kappa shape index (κ3) is 4.48. The molecule has 0 saturated carbocycles. The van der Waals surface area contributed by atoms with E-state index in [1.165, 1.54) is 7.11 Å². The molecule has 3 heterocycles. The minimum atomic E-state index is -0.387. The molecule has 0 aliphatic heterocycles. The van der Waals surface area contributed by atoms with Crippen molar-refractivity contribution in [3.05, 3.63) is 72.3 Å². The Morgan fingerprint density at radius 2 is 2.00 bits per heavy atom. The molecule has 8 heteroatoms.